The Morgan fingerprint density at radius 3 is 2.31 bits per heavy atom. The fourth-order valence-electron chi connectivity index (χ4n) is 4.07. The highest BCUT2D eigenvalue weighted by Crippen LogP contribution is 2.46. The fraction of sp³-hybridized carbons (Fsp3) is 0.308. The molecule has 3 aromatic rings. The Bertz CT molecular complexity index is 1170. The van der Waals surface area contributed by atoms with E-state index in [4.69, 9.17) is 14.6 Å². The van der Waals surface area contributed by atoms with Crippen molar-refractivity contribution in [2.45, 2.75) is 46.3 Å². The number of carboxylic acids is 1. The van der Waals surface area contributed by atoms with Crippen LogP contribution in [0.25, 0.3) is 10.8 Å². The summed E-state index contributed by atoms with van der Waals surface area (Å²) in [6.45, 7) is 6.86. The van der Waals surface area contributed by atoms with Crippen molar-refractivity contribution in [1.82, 2.24) is 0 Å². The molecule has 6 heteroatoms. The highest BCUT2D eigenvalue weighted by atomic mass is 16.5. The van der Waals surface area contributed by atoms with Gasteiger partial charge in [0.15, 0.2) is 0 Å². The number of rotatable bonds is 8. The minimum Gasteiger partial charge on any atom is -0.493 e. The quantitative estimate of drug-likeness (QED) is 0.528. The molecule has 0 spiro atoms. The predicted octanol–water partition coefficient (Wildman–Crippen LogP) is 5.20. The summed E-state index contributed by atoms with van der Waals surface area (Å²) in [4.78, 5) is 26.3. The molecule has 0 radical (unpaired) electrons. The molecule has 6 nitrogen and oxygen atoms in total. The van der Waals surface area contributed by atoms with E-state index in [9.17, 15) is 9.59 Å². The Morgan fingerprint density at radius 2 is 1.72 bits per heavy atom. The van der Waals surface area contributed by atoms with Gasteiger partial charge in [-0.2, -0.15) is 0 Å². The third-order valence-corrected chi connectivity index (χ3v) is 5.40. The third-order valence-electron chi connectivity index (χ3n) is 5.40. The van der Waals surface area contributed by atoms with E-state index in [1.807, 2.05) is 38.1 Å². The van der Waals surface area contributed by atoms with Crippen LogP contribution in [0, 0.1) is 0 Å². The third kappa shape index (κ3) is 4.00. The molecule has 0 fully saturated rings. The number of fused-ring (bicyclic) bond motifs is 2. The number of carbonyl (C=O) groups is 2. The van der Waals surface area contributed by atoms with Gasteiger partial charge < -0.3 is 19.5 Å². The van der Waals surface area contributed by atoms with E-state index >= 15 is 0 Å². The summed E-state index contributed by atoms with van der Waals surface area (Å²) in [7, 11) is 0. The lowest BCUT2D eigenvalue weighted by molar-refractivity contribution is -0.136. The Labute approximate surface area is 187 Å². The molecule has 0 bridgehead atoms. The molecule has 0 saturated carbocycles. The van der Waals surface area contributed by atoms with Crippen LogP contribution in [-0.2, 0) is 17.8 Å². The highest BCUT2D eigenvalue weighted by Gasteiger charge is 2.37. The van der Waals surface area contributed by atoms with Gasteiger partial charge in [-0.05, 0) is 38.0 Å². The van der Waals surface area contributed by atoms with E-state index in [0.29, 0.717) is 35.7 Å². The van der Waals surface area contributed by atoms with E-state index in [1.165, 1.54) is 0 Å². The molecule has 1 heterocycles. The van der Waals surface area contributed by atoms with Crippen molar-refractivity contribution in [3.05, 3.63) is 65.2 Å². The molecule has 0 atom stereocenters. The molecular formula is C26H27NO5. The summed E-state index contributed by atoms with van der Waals surface area (Å²) in [6.07, 6.45) is 0.708. The first-order valence-corrected chi connectivity index (χ1v) is 10.9. The van der Waals surface area contributed by atoms with Gasteiger partial charge in [0.2, 0.25) is 0 Å². The number of amides is 1. The van der Waals surface area contributed by atoms with Crippen LogP contribution in [0.1, 0.15) is 48.7 Å². The zero-order chi connectivity index (χ0) is 22.8. The van der Waals surface area contributed by atoms with Gasteiger partial charge in [-0.1, -0.05) is 43.3 Å². The maximum Gasteiger partial charge on any atom is 0.307 e. The van der Waals surface area contributed by atoms with Gasteiger partial charge in [0.05, 0.1) is 31.2 Å². The van der Waals surface area contributed by atoms with Crippen LogP contribution in [0.5, 0.6) is 11.5 Å². The Morgan fingerprint density at radius 1 is 1.06 bits per heavy atom. The van der Waals surface area contributed by atoms with Gasteiger partial charge in [0, 0.05) is 22.0 Å². The monoisotopic (exact) mass is 433 g/mol. The van der Waals surface area contributed by atoms with Crippen LogP contribution in [-0.4, -0.2) is 29.7 Å². The van der Waals surface area contributed by atoms with Crippen LogP contribution >= 0.6 is 0 Å². The summed E-state index contributed by atoms with van der Waals surface area (Å²) in [5.74, 6) is 0.285. The summed E-state index contributed by atoms with van der Waals surface area (Å²) < 4.78 is 12.3. The van der Waals surface area contributed by atoms with Crippen LogP contribution in [0.15, 0.2) is 48.5 Å². The number of anilines is 1. The molecule has 32 heavy (non-hydrogen) atoms. The smallest absolute Gasteiger partial charge is 0.307 e. The van der Waals surface area contributed by atoms with Gasteiger partial charge in [-0.3, -0.25) is 9.59 Å². The first-order chi connectivity index (χ1) is 15.4. The summed E-state index contributed by atoms with van der Waals surface area (Å²) in [5, 5.41) is 10.8. The Balaban J connectivity index is 1.84. The first kappa shape index (κ1) is 21.7. The normalized spacial score (nSPS) is 13.0. The zero-order valence-corrected chi connectivity index (χ0v) is 18.6. The Hall–Kier alpha value is -3.54. The number of carboxylic acid groups (broad SMARTS) is 1. The van der Waals surface area contributed by atoms with E-state index in [1.54, 1.807) is 29.2 Å². The molecule has 0 aromatic heterocycles. The van der Waals surface area contributed by atoms with Gasteiger partial charge >= 0.3 is 5.97 Å². The highest BCUT2D eigenvalue weighted by molar-refractivity contribution is 6.16. The fourth-order valence-corrected chi connectivity index (χ4v) is 4.07. The lowest BCUT2D eigenvalue weighted by atomic mass is 9.99. The Kier molecular flexibility index (Phi) is 6.04. The standard InChI is InChI=1S/C26H27NO5/c1-4-13-31-24-19-7-5-6-8-20(19)25(32-16(2)3)23-21(24)15-27(26(23)30)18-11-9-17(10-12-18)14-22(28)29/h5-12,16H,4,13-15H2,1-3H3,(H,28,29). The second-order valence-corrected chi connectivity index (χ2v) is 8.20. The number of nitrogens with zero attached hydrogens (tertiary/aromatic N) is 1. The number of benzene rings is 3. The number of ether oxygens (including phenoxy) is 2. The van der Waals surface area contributed by atoms with Crippen LogP contribution < -0.4 is 14.4 Å². The van der Waals surface area contributed by atoms with Crippen molar-refractivity contribution < 1.29 is 24.2 Å². The summed E-state index contributed by atoms with van der Waals surface area (Å²) in [5.41, 5.74) is 2.76. The van der Waals surface area contributed by atoms with Gasteiger partial charge in [0.25, 0.3) is 5.91 Å². The molecule has 1 N–H and O–H groups in total. The molecule has 3 aromatic carbocycles. The molecule has 0 saturated heterocycles. The summed E-state index contributed by atoms with van der Waals surface area (Å²) >= 11 is 0. The molecular weight excluding hydrogens is 406 g/mol. The average molecular weight is 434 g/mol. The van der Waals surface area contributed by atoms with Gasteiger partial charge in [-0.15, -0.1) is 0 Å². The number of carbonyl (C=O) groups excluding carboxylic acids is 1. The predicted molar refractivity (Wildman–Crippen MR) is 124 cm³/mol. The molecule has 4 rings (SSSR count). The van der Waals surface area contributed by atoms with Crippen molar-refractivity contribution in [2.24, 2.45) is 0 Å². The van der Waals surface area contributed by atoms with Gasteiger partial charge in [0.1, 0.15) is 11.5 Å². The number of hydrogen-bond acceptors (Lipinski definition) is 4. The maximum atomic E-state index is 13.6. The van der Waals surface area contributed by atoms with Crippen molar-refractivity contribution in [2.75, 3.05) is 11.5 Å². The minimum atomic E-state index is -0.887. The maximum absolute atomic E-state index is 13.6. The van der Waals surface area contributed by atoms with E-state index in [2.05, 4.69) is 6.92 Å². The van der Waals surface area contributed by atoms with Crippen LogP contribution in [0.4, 0.5) is 5.69 Å². The lowest BCUT2D eigenvalue weighted by Crippen LogP contribution is -2.23. The van der Waals surface area contributed by atoms with Crippen LogP contribution in [0.3, 0.4) is 0 Å². The van der Waals surface area contributed by atoms with Crippen molar-refractivity contribution in [3.63, 3.8) is 0 Å². The molecule has 166 valence electrons. The largest absolute Gasteiger partial charge is 0.493 e. The average Bonchev–Trinajstić information content (AvgIpc) is 3.10. The topological polar surface area (TPSA) is 76.1 Å². The summed E-state index contributed by atoms with van der Waals surface area (Å²) in [6, 6.07) is 14.9. The van der Waals surface area contributed by atoms with Crippen LogP contribution in [0.2, 0.25) is 0 Å². The number of aliphatic carboxylic acids is 1. The first-order valence-electron chi connectivity index (χ1n) is 10.9. The molecule has 1 amide bonds. The molecule has 0 unspecified atom stereocenters. The van der Waals surface area contributed by atoms with Crippen molar-refractivity contribution in [3.8, 4) is 11.5 Å². The molecule has 1 aliphatic heterocycles. The lowest BCUT2D eigenvalue weighted by Gasteiger charge is -2.19. The van der Waals surface area contributed by atoms with E-state index in [0.717, 1.165) is 28.5 Å². The van der Waals surface area contributed by atoms with E-state index < -0.39 is 5.97 Å². The van der Waals surface area contributed by atoms with E-state index in [-0.39, 0.29) is 18.4 Å². The molecule has 1 aliphatic rings. The van der Waals surface area contributed by atoms with Crippen molar-refractivity contribution >= 4 is 28.3 Å². The minimum absolute atomic E-state index is 0.0543. The zero-order valence-electron chi connectivity index (χ0n) is 18.6. The van der Waals surface area contributed by atoms with Crippen molar-refractivity contribution in [1.29, 1.82) is 0 Å². The second-order valence-electron chi connectivity index (χ2n) is 8.20. The second kappa shape index (κ2) is 8.91. The van der Waals surface area contributed by atoms with Gasteiger partial charge in [-0.25, -0.2) is 0 Å². The number of hydrogen-bond donors (Lipinski definition) is 1. The SMILES string of the molecule is CCCOc1c2c(c(OC(C)C)c3ccccc13)C(=O)N(c1ccc(CC(=O)O)cc1)C2. The molecule has 0 aliphatic carbocycles.